The number of hydrogen-bond donors (Lipinski definition) is 1. The molecule has 0 heterocycles. The summed E-state index contributed by atoms with van der Waals surface area (Å²) in [6, 6.07) is 4.41. The number of aryl methyl sites for hydroxylation is 1. The molecule has 1 aromatic carbocycles. The zero-order valence-corrected chi connectivity index (χ0v) is 9.54. The molecule has 0 unspecified atom stereocenters. The van der Waals surface area contributed by atoms with Crippen molar-refractivity contribution in [2.24, 2.45) is 5.18 Å². The molecule has 18 heavy (non-hydrogen) atoms. The second-order valence-corrected chi connectivity index (χ2v) is 3.73. The Morgan fingerprint density at radius 3 is 2.56 bits per heavy atom. The molecule has 4 nitrogen and oxygen atoms in total. The molecule has 0 bridgehead atoms. The summed E-state index contributed by atoms with van der Waals surface area (Å²) < 4.78 is 35.8. The first-order valence-corrected chi connectivity index (χ1v) is 5.07. The number of amides is 1. The molecule has 1 amide bonds. The molecule has 98 valence electrons. The van der Waals surface area contributed by atoms with E-state index in [1.54, 1.807) is 18.3 Å². The first kappa shape index (κ1) is 14.1. The Kier molecular flexibility index (Phi) is 4.41. The van der Waals surface area contributed by atoms with Crippen molar-refractivity contribution < 1.29 is 18.0 Å². The molecular formula is C11H11F3N2O2. The summed E-state index contributed by atoms with van der Waals surface area (Å²) in [6.07, 6.45) is -4.44. The maximum Gasteiger partial charge on any atom is 0.405 e. The largest absolute Gasteiger partial charge is 0.405 e. The van der Waals surface area contributed by atoms with E-state index < -0.39 is 18.6 Å². The number of carbonyl (C=O) groups is 1. The molecule has 1 N–H and O–H groups in total. The van der Waals surface area contributed by atoms with E-state index >= 15 is 0 Å². The summed E-state index contributed by atoms with van der Waals surface area (Å²) in [6.45, 7) is 0.172. The molecule has 0 aliphatic rings. The minimum absolute atomic E-state index is 0.0364. The van der Waals surface area contributed by atoms with Crippen LogP contribution in [0.3, 0.4) is 0 Å². The van der Waals surface area contributed by atoms with Crippen LogP contribution < -0.4 is 5.32 Å². The van der Waals surface area contributed by atoms with Crippen molar-refractivity contribution >= 4 is 5.91 Å². The topological polar surface area (TPSA) is 58.5 Å². The highest BCUT2D eigenvalue weighted by atomic mass is 19.4. The molecule has 0 atom stereocenters. The molecule has 0 saturated heterocycles. The average molecular weight is 260 g/mol. The number of hydrogen-bond acceptors (Lipinski definition) is 3. The minimum atomic E-state index is -4.44. The van der Waals surface area contributed by atoms with Gasteiger partial charge in [-0.05, 0) is 24.1 Å². The molecule has 0 fully saturated rings. The normalized spacial score (nSPS) is 11.1. The predicted octanol–water partition coefficient (Wildman–Crippen LogP) is 2.55. The number of nitrogens with zero attached hydrogens (tertiary/aromatic N) is 1. The van der Waals surface area contributed by atoms with Crippen molar-refractivity contribution in [3.05, 3.63) is 39.8 Å². The maximum absolute atomic E-state index is 11.9. The zero-order valence-electron chi connectivity index (χ0n) is 9.54. The molecule has 0 saturated carbocycles. The fourth-order valence-electron chi connectivity index (χ4n) is 1.43. The highest BCUT2D eigenvalue weighted by Gasteiger charge is 2.28. The van der Waals surface area contributed by atoms with Crippen molar-refractivity contribution in [1.29, 1.82) is 0 Å². The predicted molar refractivity (Wildman–Crippen MR) is 59.1 cm³/mol. The second kappa shape index (κ2) is 5.61. The van der Waals surface area contributed by atoms with E-state index in [4.69, 9.17) is 0 Å². The molecule has 0 aromatic heterocycles. The Bertz CT molecular complexity index is 458. The minimum Gasteiger partial charge on any atom is -0.343 e. The van der Waals surface area contributed by atoms with Gasteiger partial charge in [0, 0.05) is 5.56 Å². The van der Waals surface area contributed by atoms with Crippen molar-refractivity contribution in [1.82, 2.24) is 5.32 Å². The molecule has 7 heteroatoms. The number of alkyl halides is 3. The Balaban J connectivity index is 2.77. The van der Waals surface area contributed by atoms with Crippen LogP contribution in [0.4, 0.5) is 13.2 Å². The second-order valence-electron chi connectivity index (χ2n) is 3.73. The number of nitroso groups, excluding NO2 is 1. The van der Waals surface area contributed by atoms with Gasteiger partial charge in [0.05, 0.1) is 0 Å². The van der Waals surface area contributed by atoms with E-state index in [1.165, 1.54) is 12.1 Å². The summed E-state index contributed by atoms with van der Waals surface area (Å²) in [7, 11) is 0. The highest BCUT2D eigenvalue weighted by Crippen LogP contribution is 2.15. The Morgan fingerprint density at radius 2 is 2.06 bits per heavy atom. The average Bonchev–Trinajstić information content (AvgIpc) is 2.25. The van der Waals surface area contributed by atoms with Crippen molar-refractivity contribution in [2.75, 3.05) is 6.54 Å². The number of carbonyl (C=O) groups excluding carboxylic acids is 1. The number of nitrogens with one attached hydrogen (secondary N) is 1. The van der Waals surface area contributed by atoms with Gasteiger partial charge in [-0.1, -0.05) is 17.3 Å². The van der Waals surface area contributed by atoms with Gasteiger partial charge in [-0.15, -0.1) is 0 Å². The third-order valence-corrected chi connectivity index (χ3v) is 2.23. The highest BCUT2D eigenvalue weighted by molar-refractivity contribution is 5.95. The van der Waals surface area contributed by atoms with Gasteiger partial charge in [0.25, 0.3) is 5.91 Å². The zero-order chi connectivity index (χ0) is 13.8. The van der Waals surface area contributed by atoms with E-state index in [0.717, 1.165) is 0 Å². The van der Waals surface area contributed by atoms with Crippen LogP contribution >= 0.6 is 0 Å². The summed E-state index contributed by atoms with van der Waals surface area (Å²) in [5, 5.41) is 4.47. The number of benzene rings is 1. The standard InChI is InChI=1S/C11H11F3N2O2/c1-7-4-8(5-16-18)2-3-9(7)10(17)15-6-11(12,13)14/h2-4H,5-6H2,1H3,(H,15,17). The summed E-state index contributed by atoms with van der Waals surface area (Å²) in [4.78, 5) is 21.5. The van der Waals surface area contributed by atoms with E-state index in [-0.39, 0.29) is 12.1 Å². The van der Waals surface area contributed by atoms with Gasteiger partial charge >= 0.3 is 6.18 Å². The number of rotatable bonds is 4. The monoisotopic (exact) mass is 260 g/mol. The summed E-state index contributed by atoms with van der Waals surface area (Å²) >= 11 is 0. The molecule has 1 rings (SSSR count). The van der Waals surface area contributed by atoms with Crippen molar-refractivity contribution in [3.8, 4) is 0 Å². The quantitative estimate of drug-likeness (QED) is 0.846. The molecule has 0 aliphatic heterocycles. The number of halogens is 3. The van der Waals surface area contributed by atoms with E-state index in [9.17, 15) is 22.9 Å². The summed E-state index contributed by atoms with van der Waals surface area (Å²) in [5.74, 6) is -0.796. The Labute approximate surface area is 101 Å². The SMILES string of the molecule is Cc1cc(CN=O)ccc1C(=O)NCC(F)(F)F. The van der Waals surface area contributed by atoms with E-state index in [1.807, 2.05) is 0 Å². The van der Waals surface area contributed by atoms with Gasteiger partial charge in [0.2, 0.25) is 0 Å². The van der Waals surface area contributed by atoms with Crippen LogP contribution in [0.2, 0.25) is 0 Å². The van der Waals surface area contributed by atoms with Crippen molar-refractivity contribution in [2.45, 2.75) is 19.6 Å². The van der Waals surface area contributed by atoms with Gasteiger partial charge in [-0.3, -0.25) is 4.79 Å². The van der Waals surface area contributed by atoms with Crippen LogP contribution in [0.25, 0.3) is 0 Å². The lowest BCUT2D eigenvalue weighted by molar-refractivity contribution is -0.123. The lowest BCUT2D eigenvalue weighted by Crippen LogP contribution is -2.34. The first-order valence-electron chi connectivity index (χ1n) is 5.07. The van der Waals surface area contributed by atoms with E-state index in [0.29, 0.717) is 11.1 Å². The maximum atomic E-state index is 11.9. The fourth-order valence-corrected chi connectivity index (χ4v) is 1.43. The van der Waals surface area contributed by atoms with Gasteiger partial charge in [0.15, 0.2) is 0 Å². The molecule has 0 spiro atoms. The molecule has 1 aromatic rings. The lowest BCUT2D eigenvalue weighted by Gasteiger charge is -2.10. The van der Waals surface area contributed by atoms with Crippen LogP contribution in [0, 0.1) is 11.8 Å². The van der Waals surface area contributed by atoms with Gasteiger partial charge in [0.1, 0.15) is 13.1 Å². The van der Waals surface area contributed by atoms with Crippen LogP contribution in [0.1, 0.15) is 21.5 Å². The van der Waals surface area contributed by atoms with Gasteiger partial charge in [-0.2, -0.15) is 18.1 Å². The van der Waals surface area contributed by atoms with Gasteiger partial charge < -0.3 is 5.32 Å². The fraction of sp³-hybridized carbons (Fsp3) is 0.364. The molecule has 0 aliphatic carbocycles. The van der Waals surface area contributed by atoms with Crippen LogP contribution in [0.15, 0.2) is 23.4 Å². The van der Waals surface area contributed by atoms with Crippen molar-refractivity contribution in [3.63, 3.8) is 0 Å². The third-order valence-electron chi connectivity index (χ3n) is 2.23. The van der Waals surface area contributed by atoms with Gasteiger partial charge in [-0.25, -0.2) is 0 Å². The smallest absolute Gasteiger partial charge is 0.343 e. The molecule has 0 radical (unpaired) electrons. The summed E-state index contributed by atoms with van der Waals surface area (Å²) in [5.41, 5.74) is 1.25. The van der Waals surface area contributed by atoms with Crippen LogP contribution in [-0.4, -0.2) is 18.6 Å². The first-order chi connectivity index (χ1) is 8.33. The van der Waals surface area contributed by atoms with Crippen LogP contribution in [0.5, 0.6) is 0 Å². The Morgan fingerprint density at radius 1 is 1.39 bits per heavy atom. The van der Waals surface area contributed by atoms with Crippen LogP contribution in [-0.2, 0) is 6.54 Å². The lowest BCUT2D eigenvalue weighted by atomic mass is 10.0. The van der Waals surface area contributed by atoms with E-state index in [2.05, 4.69) is 5.18 Å². The Hall–Kier alpha value is -1.92. The third kappa shape index (κ3) is 4.15. The molecular weight excluding hydrogens is 249 g/mol.